The highest BCUT2D eigenvalue weighted by Crippen LogP contribution is 2.23. The van der Waals surface area contributed by atoms with E-state index in [1.807, 2.05) is 38.1 Å². The summed E-state index contributed by atoms with van der Waals surface area (Å²) < 4.78 is 5.62. The average Bonchev–Trinajstić information content (AvgIpc) is 2.35. The van der Waals surface area contributed by atoms with Crippen LogP contribution in [0.5, 0.6) is 5.88 Å². The molecule has 0 unspecified atom stereocenters. The molecule has 1 aromatic heterocycles. The first kappa shape index (κ1) is 13.1. The zero-order valence-electron chi connectivity index (χ0n) is 10.1. The van der Waals surface area contributed by atoms with Crippen molar-refractivity contribution in [2.75, 3.05) is 0 Å². The van der Waals surface area contributed by atoms with Crippen LogP contribution in [0.4, 0.5) is 0 Å². The van der Waals surface area contributed by atoms with E-state index in [0.717, 1.165) is 16.7 Å². The van der Waals surface area contributed by atoms with Crippen molar-refractivity contribution in [2.45, 2.75) is 20.5 Å². The summed E-state index contributed by atoms with van der Waals surface area (Å²) in [6.45, 7) is 4.19. The number of rotatable bonds is 3. The average molecular weight is 283 g/mol. The smallest absolute Gasteiger partial charge is 0.237 e. The van der Waals surface area contributed by atoms with Gasteiger partial charge in [-0.25, -0.2) is 0 Å². The Hall–Kier alpha value is -1.32. The van der Waals surface area contributed by atoms with Crippen LogP contribution in [0.3, 0.4) is 0 Å². The van der Waals surface area contributed by atoms with Gasteiger partial charge in [-0.1, -0.05) is 35.3 Å². The fourth-order valence-electron chi connectivity index (χ4n) is 1.47. The Morgan fingerprint density at radius 3 is 2.61 bits per heavy atom. The van der Waals surface area contributed by atoms with Gasteiger partial charge in [-0.15, -0.1) is 10.2 Å². The van der Waals surface area contributed by atoms with Gasteiger partial charge in [-0.3, -0.25) is 0 Å². The van der Waals surface area contributed by atoms with Gasteiger partial charge in [0.25, 0.3) is 0 Å². The van der Waals surface area contributed by atoms with Gasteiger partial charge in [0.05, 0.1) is 0 Å². The number of benzene rings is 1. The van der Waals surface area contributed by atoms with E-state index in [2.05, 4.69) is 10.2 Å². The lowest BCUT2D eigenvalue weighted by Gasteiger charge is -2.09. The minimum atomic E-state index is 0.400. The molecule has 1 aromatic carbocycles. The van der Waals surface area contributed by atoms with E-state index in [-0.39, 0.29) is 0 Å². The Kier molecular flexibility index (Phi) is 4.04. The maximum absolute atomic E-state index is 5.90. The molecule has 5 heteroatoms. The largest absolute Gasteiger partial charge is 0.472 e. The molecule has 0 bridgehead atoms. The molecule has 0 fully saturated rings. The fourth-order valence-corrected chi connectivity index (χ4v) is 1.86. The first-order valence-corrected chi connectivity index (χ1v) is 6.20. The Morgan fingerprint density at radius 1 is 1.11 bits per heavy atom. The van der Waals surface area contributed by atoms with Crippen molar-refractivity contribution in [3.8, 4) is 5.88 Å². The summed E-state index contributed by atoms with van der Waals surface area (Å²) >= 11 is 11.8. The Morgan fingerprint density at radius 2 is 1.89 bits per heavy atom. The highest BCUT2D eigenvalue weighted by atomic mass is 35.5. The van der Waals surface area contributed by atoms with Crippen molar-refractivity contribution in [3.05, 3.63) is 51.1 Å². The van der Waals surface area contributed by atoms with Crippen LogP contribution in [0.2, 0.25) is 10.2 Å². The SMILES string of the molecule is Cc1c(Cl)nnc(OCc2cccc(Cl)c2)c1C. The quantitative estimate of drug-likeness (QED) is 0.854. The molecule has 0 N–H and O–H groups in total. The number of hydrogen-bond donors (Lipinski definition) is 0. The van der Waals surface area contributed by atoms with E-state index < -0.39 is 0 Å². The van der Waals surface area contributed by atoms with Crippen molar-refractivity contribution in [2.24, 2.45) is 0 Å². The zero-order chi connectivity index (χ0) is 13.1. The number of halogens is 2. The molecule has 0 aliphatic carbocycles. The van der Waals surface area contributed by atoms with Crippen molar-refractivity contribution in [3.63, 3.8) is 0 Å². The van der Waals surface area contributed by atoms with Gasteiger partial charge >= 0.3 is 0 Å². The predicted molar refractivity (Wildman–Crippen MR) is 72.3 cm³/mol. The van der Waals surface area contributed by atoms with Gasteiger partial charge in [0.2, 0.25) is 5.88 Å². The molecule has 94 valence electrons. The Balaban J connectivity index is 2.14. The molecule has 18 heavy (non-hydrogen) atoms. The number of aromatic nitrogens is 2. The Bertz CT molecular complexity index is 573. The summed E-state index contributed by atoms with van der Waals surface area (Å²) in [5.41, 5.74) is 2.76. The number of nitrogens with zero attached hydrogens (tertiary/aromatic N) is 2. The number of hydrogen-bond acceptors (Lipinski definition) is 3. The molecule has 0 aliphatic rings. The summed E-state index contributed by atoms with van der Waals surface area (Å²) in [6, 6.07) is 7.50. The second-order valence-electron chi connectivity index (χ2n) is 3.96. The molecule has 0 atom stereocenters. The van der Waals surface area contributed by atoms with Gasteiger partial charge < -0.3 is 4.74 Å². The van der Waals surface area contributed by atoms with Crippen molar-refractivity contribution in [1.29, 1.82) is 0 Å². The molecule has 0 radical (unpaired) electrons. The third-order valence-corrected chi connectivity index (χ3v) is 3.28. The van der Waals surface area contributed by atoms with Crippen LogP contribution in [-0.4, -0.2) is 10.2 Å². The zero-order valence-corrected chi connectivity index (χ0v) is 11.6. The maximum atomic E-state index is 5.90. The van der Waals surface area contributed by atoms with Gasteiger partial charge in [-0.2, -0.15) is 0 Å². The van der Waals surface area contributed by atoms with E-state index in [1.54, 1.807) is 0 Å². The van der Waals surface area contributed by atoms with Gasteiger partial charge in [0, 0.05) is 10.6 Å². The van der Waals surface area contributed by atoms with Gasteiger partial charge in [0.1, 0.15) is 6.61 Å². The standard InChI is InChI=1S/C13H12Cl2N2O/c1-8-9(2)13(17-16-12(8)15)18-7-10-4-3-5-11(14)6-10/h3-6H,7H2,1-2H3. The van der Waals surface area contributed by atoms with Crippen LogP contribution < -0.4 is 4.74 Å². The van der Waals surface area contributed by atoms with E-state index in [9.17, 15) is 0 Å². The molecule has 0 amide bonds. The molecule has 2 rings (SSSR count). The number of ether oxygens (including phenoxy) is 1. The van der Waals surface area contributed by atoms with Crippen molar-refractivity contribution >= 4 is 23.2 Å². The molecular formula is C13H12Cl2N2O. The third kappa shape index (κ3) is 2.92. The summed E-state index contributed by atoms with van der Waals surface area (Å²) in [5.74, 6) is 0.497. The first-order valence-electron chi connectivity index (χ1n) is 5.44. The maximum Gasteiger partial charge on any atom is 0.237 e. The highest BCUT2D eigenvalue weighted by Gasteiger charge is 2.09. The predicted octanol–water partition coefficient (Wildman–Crippen LogP) is 3.98. The second kappa shape index (κ2) is 5.55. The molecule has 1 heterocycles. The summed E-state index contributed by atoms with van der Waals surface area (Å²) in [4.78, 5) is 0. The van der Waals surface area contributed by atoms with E-state index in [4.69, 9.17) is 27.9 Å². The third-order valence-electron chi connectivity index (χ3n) is 2.69. The van der Waals surface area contributed by atoms with E-state index in [1.165, 1.54) is 0 Å². The van der Waals surface area contributed by atoms with Crippen LogP contribution in [0.15, 0.2) is 24.3 Å². The lowest BCUT2D eigenvalue weighted by atomic mass is 10.2. The normalized spacial score (nSPS) is 10.4. The monoisotopic (exact) mass is 282 g/mol. The minimum Gasteiger partial charge on any atom is -0.472 e. The van der Waals surface area contributed by atoms with Crippen LogP contribution in [-0.2, 0) is 6.61 Å². The van der Waals surface area contributed by atoms with E-state index >= 15 is 0 Å². The molecule has 0 saturated carbocycles. The molecule has 3 nitrogen and oxygen atoms in total. The second-order valence-corrected chi connectivity index (χ2v) is 4.76. The topological polar surface area (TPSA) is 35.0 Å². The molecular weight excluding hydrogens is 271 g/mol. The van der Waals surface area contributed by atoms with E-state index in [0.29, 0.717) is 22.7 Å². The van der Waals surface area contributed by atoms with Crippen molar-refractivity contribution < 1.29 is 4.74 Å². The van der Waals surface area contributed by atoms with Crippen molar-refractivity contribution in [1.82, 2.24) is 10.2 Å². The molecule has 2 aromatic rings. The Labute approximate surface area is 116 Å². The van der Waals surface area contributed by atoms with Crippen LogP contribution in [0.25, 0.3) is 0 Å². The summed E-state index contributed by atoms with van der Waals surface area (Å²) in [5, 5.41) is 8.86. The minimum absolute atomic E-state index is 0.400. The van der Waals surface area contributed by atoms with Crippen LogP contribution >= 0.6 is 23.2 Å². The lowest BCUT2D eigenvalue weighted by Crippen LogP contribution is -2.02. The fraction of sp³-hybridized carbons (Fsp3) is 0.231. The van der Waals surface area contributed by atoms with Crippen LogP contribution in [0, 0.1) is 13.8 Å². The molecule has 0 aliphatic heterocycles. The first-order chi connectivity index (χ1) is 8.58. The van der Waals surface area contributed by atoms with Crippen LogP contribution in [0.1, 0.15) is 16.7 Å². The highest BCUT2D eigenvalue weighted by molar-refractivity contribution is 6.30. The molecule has 0 saturated heterocycles. The molecule has 0 spiro atoms. The lowest BCUT2D eigenvalue weighted by molar-refractivity contribution is 0.287. The summed E-state index contributed by atoms with van der Waals surface area (Å²) in [7, 11) is 0. The van der Waals surface area contributed by atoms with Gasteiger partial charge in [0.15, 0.2) is 5.15 Å². The summed E-state index contributed by atoms with van der Waals surface area (Å²) in [6.07, 6.45) is 0. The van der Waals surface area contributed by atoms with Gasteiger partial charge in [-0.05, 0) is 37.1 Å².